The number of anilines is 1. The molecule has 162 valence electrons. The normalized spacial score (nSPS) is 17.8. The molecule has 0 aromatic heterocycles. The maximum atomic E-state index is 12.1. The van der Waals surface area contributed by atoms with Gasteiger partial charge in [-0.05, 0) is 37.5 Å². The topological polar surface area (TPSA) is 78.0 Å². The van der Waals surface area contributed by atoms with Gasteiger partial charge in [-0.2, -0.15) is 0 Å². The molecule has 0 radical (unpaired) electrons. The van der Waals surface area contributed by atoms with Crippen molar-refractivity contribution in [3.63, 3.8) is 0 Å². The Morgan fingerprint density at radius 3 is 2.72 bits per heavy atom. The number of benzene rings is 1. The van der Waals surface area contributed by atoms with Crippen molar-refractivity contribution < 1.29 is 9.53 Å². The Morgan fingerprint density at radius 2 is 2.03 bits per heavy atom. The summed E-state index contributed by atoms with van der Waals surface area (Å²) in [5.74, 6) is 1.15. The van der Waals surface area contributed by atoms with Crippen molar-refractivity contribution in [3.05, 3.63) is 29.8 Å². The SMILES string of the molecule is CCNC(=NCc1cccc(NC(=O)C2CCC2)c1)NCCN1CCOCC1.I. The van der Waals surface area contributed by atoms with Gasteiger partial charge in [-0.15, -0.1) is 24.0 Å². The summed E-state index contributed by atoms with van der Waals surface area (Å²) in [4.78, 5) is 19.2. The number of rotatable bonds is 8. The molecular weight excluding hydrogens is 481 g/mol. The van der Waals surface area contributed by atoms with Crippen LogP contribution in [0.25, 0.3) is 0 Å². The molecular formula is C21H34IN5O2. The predicted molar refractivity (Wildman–Crippen MR) is 128 cm³/mol. The number of guanidine groups is 1. The van der Waals surface area contributed by atoms with E-state index in [-0.39, 0.29) is 35.8 Å². The maximum Gasteiger partial charge on any atom is 0.227 e. The maximum absolute atomic E-state index is 12.1. The van der Waals surface area contributed by atoms with Crippen LogP contribution in [0.4, 0.5) is 5.69 Å². The third-order valence-electron chi connectivity index (χ3n) is 5.26. The van der Waals surface area contributed by atoms with Gasteiger partial charge in [-0.25, -0.2) is 4.99 Å². The van der Waals surface area contributed by atoms with Gasteiger partial charge in [0.2, 0.25) is 5.91 Å². The molecule has 1 aromatic carbocycles. The van der Waals surface area contributed by atoms with Crippen LogP contribution < -0.4 is 16.0 Å². The Morgan fingerprint density at radius 1 is 1.24 bits per heavy atom. The number of carbonyl (C=O) groups is 1. The minimum absolute atomic E-state index is 0. The fraction of sp³-hybridized carbons (Fsp3) is 0.619. The Labute approximate surface area is 191 Å². The molecule has 1 saturated heterocycles. The van der Waals surface area contributed by atoms with Crippen LogP contribution in [0.5, 0.6) is 0 Å². The average molecular weight is 515 g/mol. The number of nitrogens with one attached hydrogen (secondary N) is 3. The summed E-state index contributed by atoms with van der Waals surface area (Å²) in [7, 11) is 0. The standard InChI is InChI=1S/C21H33N5O2.HI/c1-2-22-21(23-9-10-26-11-13-28-14-12-26)24-16-17-5-3-8-19(15-17)25-20(27)18-6-4-7-18;/h3,5,8,15,18H,2,4,6-7,9-14,16H2,1H3,(H,25,27)(H2,22,23,24);1H. The van der Waals surface area contributed by atoms with Crippen LogP contribution in [-0.2, 0) is 16.1 Å². The van der Waals surface area contributed by atoms with E-state index in [1.165, 1.54) is 6.42 Å². The van der Waals surface area contributed by atoms with Crippen molar-refractivity contribution in [1.29, 1.82) is 0 Å². The molecule has 1 aliphatic carbocycles. The van der Waals surface area contributed by atoms with Crippen LogP contribution in [0, 0.1) is 5.92 Å². The van der Waals surface area contributed by atoms with Crippen LogP contribution in [0.3, 0.4) is 0 Å². The van der Waals surface area contributed by atoms with E-state index >= 15 is 0 Å². The van der Waals surface area contributed by atoms with Gasteiger partial charge < -0.3 is 20.7 Å². The molecule has 8 heteroatoms. The van der Waals surface area contributed by atoms with Gasteiger partial charge in [-0.1, -0.05) is 18.6 Å². The zero-order valence-corrected chi connectivity index (χ0v) is 19.6. The number of hydrogen-bond acceptors (Lipinski definition) is 4. The summed E-state index contributed by atoms with van der Waals surface area (Å²) in [5, 5.41) is 9.73. The van der Waals surface area contributed by atoms with E-state index in [0.29, 0.717) is 6.54 Å². The minimum Gasteiger partial charge on any atom is -0.379 e. The van der Waals surface area contributed by atoms with Crippen molar-refractivity contribution in [2.45, 2.75) is 32.7 Å². The molecule has 7 nitrogen and oxygen atoms in total. The van der Waals surface area contributed by atoms with E-state index in [4.69, 9.17) is 4.74 Å². The molecule has 0 spiro atoms. The number of hydrogen-bond donors (Lipinski definition) is 3. The van der Waals surface area contributed by atoms with E-state index in [0.717, 1.165) is 76.0 Å². The molecule has 1 aromatic rings. The summed E-state index contributed by atoms with van der Waals surface area (Å²) in [6.07, 6.45) is 3.19. The molecule has 3 rings (SSSR count). The van der Waals surface area contributed by atoms with Gasteiger partial charge in [0.25, 0.3) is 0 Å². The van der Waals surface area contributed by atoms with Gasteiger partial charge in [-0.3, -0.25) is 9.69 Å². The first-order valence-electron chi connectivity index (χ1n) is 10.5. The minimum atomic E-state index is 0. The lowest BCUT2D eigenvalue weighted by Gasteiger charge is -2.26. The highest BCUT2D eigenvalue weighted by Gasteiger charge is 2.25. The van der Waals surface area contributed by atoms with Crippen LogP contribution in [0.2, 0.25) is 0 Å². The van der Waals surface area contributed by atoms with E-state index < -0.39 is 0 Å². The van der Waals surface area contributed by atoms with E-state index in [2.05, 4.69) is 32.8 Å². The summed E-state index contributed by atoms with van der Waals surface area (Å²) < 4.78 is 5.39. The van der Waals surface area contributed by atoms with E-state index in [1.54, 1.807) is 0 Å². The van der Waals surface area contributed by atoms with Gasteiger partial charge in [0, 0.05) is 44.3 Å². The van der Waals surface area contributed by atoms with E-state index in [1.807, 2.05) is 24.3 Å². The molecule has 1 saturated carbocycles. The van der Waals surface area contributed by atoms with Gasteiger partial charge >= 0.3 is 0 Å². The fourth-order valence-corrected chi connectivity index (χ4v) is 3.33. The highest BCUT2D eigenvalue weighted by molar-refractivity contribution is 14.0. The Bertz CT molecular complexity index is 660. The Kier molecular flexibility index (Phi) is 10.7. The second-order valence-corrected chi connectivity index (χ2v) is 7.39. The molecule has 2 fully saturated rings. The van der Waals surface area contributed by atoms with Crippen molar-refractivity contribution in [1.82, 2.24) is 15.5 Å². The zero-order chi connectivity index (χ0) is 19.6. The quantitative estimate of drug-likeness (QED) is 0.282. The molecule has 0 bridgehead atoms. The first-order valence-corrected chi connectivity index (χ1v) is 10.5. The fourth-order valence-electron chi connectivity index (χ4n) is 3.33. The lowest BCUT2D eigenvalue weighted by molar-refractivity contribution is -0.122. The molecule has 0 unspecified atom stereocenters. The Balaban J connectivity index is 0.00000300. The lowest BCUT2D eigenvalue weighted by atomic mass is 9.85. The van der Waals surface area contributed by atoms with Crippen molar-refractivity contribution in [3.8, 4) is 0 Å². The van der Waals surface area contributed by atoms with Crippen LogP contribution in [-0.4, -0.2) is 62.7 Å². The third kappa shape index (κ3) is 8.10. The summed E-state index contributed by atoms with van der Waals surface area (Å²) in [6.45, 7) is 8.92. The third-order valence-corrected chi connectivity index (χ3v) is 5.26. The second-order valence-electron chi connectivity index (χ2n) is 7.39. The number of halogens is 1. The van der Waals surface area contributed by atoms with Gasteiger partial charge in [0.15, 0.2) is 5.96 Å². The van der Waals surface area contributed by atoms with Crippen molar-refractivity contribution >= 4 is 41.5 Å². The highest BCUT2D eigenvalue weighted by Crippen LogP contribution is 2.27. The molecule has 3 N–H and O–H groups in total. The number of aliphatic imine (C=N–C) groups is 1. The summed E-state index contributed by atoms with van der Waals surface area (Å²) in [5.41, 5.74) is 1.94. The number of nitrogens with zero attached hydrogens (tertiary/aromatic N) is 2. The van der Waals surface area contributed by atoms with E-state index in [9.17, 15) is 4.79 Å². The molecule has 1 amide bonds. The summed E-state index contributed by atoms with van der Waals surface area (Å²) in [6, 6.07) is 7.97. The van der Waals surface area contributed by atoms with Crippen LogP contribution >= 0.6 is 24.0 Å². The Hall–Kier alpha value is -1.39. The monoisotopic (exact) mass is 515 g/mol. The molecule has 2 aliphatic rings. The molecule has 29 heavy (non-hydrogen) atoms. The molecule has 1 aliphatic heterocycles. The average Bonchev–Trinajstić information content (AvgIpc) is 2.66. The highest BCUT2D eigenvalue weighted by atomic mass is 127. The first-order chi connectivity index (χ1) is 13.7. The number of carbonyl (C=O) groups excluding carboxylic acids is 1. The summed E-state index contributed by atoms with van der Waals surface area (Å²) >= 11 is 0. The number of ether oxygens (including phenoxy) is 1. The largest absolute Gasteiger partial charge is 0.379 e. The molecule has 1 heterocycles. The smallest absolute Gasteiger partial charge is 0.227 e. The number of amides is 1. The van der Waals surface area contributed by atoms with Crippen LogP contribution in [0.1, 0.15) is 31.7 Å². The predicted octanol–water partition coefficient (Wildman–Crippen LogP) is 2.43. The van der Waals surface area contributed by atoms with Gasteiger partial charge in [0.05, 0.1) is 19.8 Å². The van der Waals surface area contributed by atoms with Crippen molar-refractivity contribution in [2.75, 3.05) is 51.3 Å². The van der Waals surface area contributed by atoms with Crippen LogP contribution in [0.15, 0.2) is 29.3 Å². The van der Waals surface area contributed by atoms with Gasteiger partial charge in [0.1, 0.15) is 0 Å². The zero-order valence-electron chi connectivity index (χ0n) is 17.3. The number of morpholine rings is 1. The second kappa shape index (κ2) is 13.0. The lowest BCUT2D eigenvalue weighted by Crippen LogP contribution is -2.44. The first kappa shape index (κ1) is 23.9. The molecule has 0 atom stereocenters. The van der Waals surface area contributed by atoms with Crippen molar-refractivity contribution in [2.24, 2.45) is 10.9 Å².